The molecule has 3 aliphatic heterocycles. The number of nitrogens with one attached hydrogen (secondary N) is 3. The summed E-state index contributed by atoms with van der Waals surface area (Å²) in [6, 6.07) is 2.08. The van der Waals surface area contributed by atoms with Gasteiger partial charge in [0.05, 0.1) is 36.3 Å². The standard InChI is InChI=1S/C22H29N5O7S2/c1-10-17-16(11(2)28)21(30)27(17)18(22(31)32)19(10)35-13-6-15(25-8-13)20(29)26-7-12-4-5-14(9-24-12)36(33,34)23-3/h4-5,9-11,13,15-17,23,25,28H,6-8H2,1-3H3,(H,26,29)(H,31,32)/t10-,11-,13+,15+,16-,17-/m1/s1. The molecule has 0 spiro atoms. The SMILES string of the molecule is CNS(=O)(=O)c1ccc(CNC(=O)[C@@H]2C[C@H](SC3=C(C(=O)O)N4C(=O)[C@H]([C@@H](C)O)[C@H]4[C@H]3C)CN2)nc1. The number of hydrogen-bond acceptors (Lipinski definition) is 9. The molecule has 36 heavy (non-hydrogen) atoms. The van der Waals surface area contributed by atoms with Gasteiger partial charge in [-0.05, 0) is 32.5 Å². The number of aliphatic hydroxyl groups is 1. The molecule has 0 unspecified atom stereocenters. The Morgan fingerprint density at radius 3 is 2.67 bits per heavy atom. The number of carbonyl (C=O) groups is 3. The number of sulfonamides is 1. The first kappa shape index (κ1) is 26.5. The minimum atomic E-state index is -3.59. The maximum atomic E-state index is 12.7. The lowest BCUT2D eigenvalue weighted by Gasteiger charge is -2.46. The molecule has 0 aliphatic carbocycles. The van der Waals surface area contributed by atoms with Crippen molar-refractivity contribution in [3.8, 4) is 0 Å². The smallest absolute Gasteiger partial charge is 0.353 e. The number of thioether (sulfide) groups is 1. The van der Waals surface area contributed by atoms with E-state index in [4.69, 9.17) is 0 Å². The number of aliphatic hydroxyl groups excluding tert-OH is 1. The monoisotopic (exact) mass is 539 g/mol. The van der Waals surface area contributed by atoms with Crippen LogP contribution in [0.2, 0.25) is 0 Å². The molecule has 1 aromatic heterocycles. The first-order valence-corrected chi connectivity index (χ1v) is 13.9. The molecule has 0 saturated carbocycles. The Labute approximate surface area is 213 Å². The summed E-state index contributed by atoms with van der Waals surface area (Å²) in [6.45, 7) is 4.01. The highest BCUT2D eigenvalue weighted by molar-refractivity contribution is 8.03. The first-order valence-electron chi connectivity index (χ1n) is 11.5. The average Bonchev–Trinajstić information content (AvgIpc) is 3.39. The second-order valence-corrected chi connectivity index (χ2v) is 12.3. The number of fused-ring (bicyclic) bond motifs is 1. The van der Waals surface area contributed by atoms with Crippen LogP contribution >= 0.6 is 11.8 Å². The van der Waals surface area contributed by atoms with E-state index in [1.54, 1.807) is 0 Å². The zero-order chi connectivity index (χ0) is 26.4. The lowest BCUT2D eigenvalue weighted by Crippen LogP contribution is -2.63. The third-order valence-electron chi connectivity index (χ3n) is 6.83. The van der Waals surface area contributed by atoms with Crippen LogP contribution in [0.3, 0.4) is 0 Å². The van der Waals surface area contributed by atoms with Gasteiger partial charge < -0.3 is 25.7 Å². The van der Waals surface area contributed by atoms with E-state index in [9.17, 15) is 33.0 Å². The zero-order valence-electron chi connectivity index (χ0n) is 20.0. The number of pyridine rings is 1. The van der Waals surface area contributed by atoms with Crippen molar-refractivity contribution in [2.24, 2.45) is 11.8 Å². The fourth-order valence-corrected chi connectivity index (χ4v) is 7.10. The molecule has 3 aliphatic rings. The second-order valence-electron chi connectivity index (χ2n) is 9.12. The van der Waals surface area contributed by atoms with Crippen LogP contribution in [0.25, 0.3) is 0 Å². The number of carboxylic acids is 1. The van der Waals surface area contributed by atoms with Crippen LogP contribution in [0.15, 0.2) is 33.8 Å². The lowest BCUT2D eigenvalue weighted by atomic mass is 9.79. The molecule has 4 heterocycles. The number of nitrogens with zero attached hydrogens (tertiary/aromatic N) is 2. The van der Waals surface area contributed by atoms with E-state index >= 15 is 0 Å². The molecule has 6 atom stereocenters. The number of aliphatic carboxylic acids is 1. The maximum absolute atomic E-state index is 12.7. The van der Waals surface area contributed by atoms with Gasteiger partial charge in [-0.2, -0.15) is 0 Å². The van der Waals surface area contributed by atoms with Gasteiger partial charge in [-0.1, -0.05) is 6.92 Å². The highest BCUT2D eigenvalue weighted by Crippen LogP contribution is 2.51. The van der Waals surface area contributed by atoms with Crippen LogP contribution in [-0.4, -0.2) is 83.3 Å². The van der Waals surface area contributed by atoms with E-state index in [-0.39, 0.29) is 46.2 Å². The molecule has 5 N–H and O–H groups in total. The fourth-order valence-electron chi connectivity index (χ4n) is 4.94. The molecule has 2 fully saturated rings. The van der Waals surface area contributed by atoms with Crippen molar-refractivity contribution in [2.75, 3.05) is 13.6 Å². The lowest BCUT2D eigenvalue weighted by molar-refractivity contribution is -0.163. The van der Waals surface area contributed by atoms with Gasteiger partial charge in [-0.25, -0.2) is 17.9 Å². The molecule has 0 bridgehead atoms. The van der Waals surface area contributed by atoms with Crippen molar-refractivity contribution < 1.29 is 33.0 Å². The molecule has 0 radical (unpaired) electrons. The third kappa shape index (κ3) is 4.75. The normalized spacial score (nSPS) is 28.6. The minimum absolute atomic E-state index is 0.0258. The Hall–Kier alpha value is -2.52. The van der Waals surface area contributed by atoms with Crippen molar-refractivity contribution in [3.05, 3.63) is 34.6 Å². The van der Waals surface area contributed by atoms with Crippen LogP contribution in [-0.2, 0) is 31.0 Å². The van der Waals surface area contributed by atoms with Crippen LogP contribution in [0.5, 0.6) is 0 Å². The number of rotatable bonds is 9. The summed E-state index contributed by atoms with van der Waals surface area (Å²) in [5.41, 5.74) is 0.474. The molecular weight excluding hydrogens is 510 g/mol. The van der Waals surface area contributed by atoms with Gasteiger partial charge in [0.1, 0.15) is 10.6 Å². The van der Waals surface area contributed by atoms with E-state index in [1.165, 1.54) is 49.0 Å². The molecule has 2 saturated heterocycles. The van der Waals surface area contributed by atoms with Crippen LogP contribution in [0.4, 0.5) is 0 Å². The average molecular weight is 540 g/mol. The second kappa shape index (κ2) is 10.1. The van der Waals surface area contributed by atoms with Crippen LogP contribution < -0.4 is 15.4 Å². The first-order chi connectivity index (χ1) is 17.0. The summed E-state index contributed by atoms with van der Waals surface area (Å²) in [7, 11) is -2.28. The van der Waals surface area contributed by atoms with Crippen molar-refractivity contribution >= 4 is 39.6 Å². The third-order valence-corrected chi connectivity index (χ3v) is 9.74. The number of amides is 2. The number of carbonyl (C=O) groups excluding carboxylic acids is 2. The summed E-state index contributed by atoms with van der Waals surface area (Å²) < 4.78 is 25.8. The molecule has 2 amide bonds. The van der Waals surface area contributed by atoms with E-state index < -0.39 is 34.1 Å². The summed E-state index contributed by atoms with van der Waals surface area (Å²) in [5.74, 6) is -2.64. The molecular formula is C22H29N5O7S2. The molecule has 12 nitrogen and oxygen atoms in total. The largest absolute Gasteiger partial charge is 0.477 e. The molecule has 14 heteroatoms. The Bertz CT molecular complexity index is 1200. The highest BCUT2D eigenvalue weighted by Gasteiger charge is 2.60. The molecule has 196 valence electrons. The van der Waals surface area contributed by atoms with Gasteiger partial charge in [0.25, 0.3) is 0 Å². The highest BCUT2D eigenvalue weighted by atomic mass is 32.2. The summed E-state index contributed by atoms with van der Waals surface area (Å²) in [5, 5.41) is 25.6. The summed E-state index contributed by atoms with van der Waals surface area (Å²) in [4.78, 5) is 43.2. The van der Waals surface area contributed by atoms with Crippen LogP contribution in [0.1, 0.15) is 26.0 Å². The molecule has 0 aromatic carbocycles. The predicted molar refractivity (Wildman–Crippen MR) is 130 cm³/mol. The van der Waals surface area contributed by atoms with Crippen molar-refractivity contribution in [1.82, 2.24) is 25.2 Å². The molecule has 1 aromatic rings. The number of hydrogen-bond donors (Lipinski definition) is 5. The van der Waals surface area contributed by atoms with Gasteiger partial charge in [0, 0.05) is 28.8 Å². The topological polar surface area (TPSA) is 178 Å². The van der Waals surface area contributed by atoms with E-state index in [2.05, 4.69) is 20.3 Å². The van der Waals surface area contributed by atoms with E-state index in [0.717, 1.165) is 0 Å². The minimum Gasteiger partial charge on any atom is -0.477 e. The van der Waals surface area contributed by atoms with E-state index in [0.29, 0.717) is 23.6 Å². The summed E-state index contributed by atoms with van der Waals surface area (Å²) >= 11 is 1.37. The Morgan fingerprint density at radius 1 is 1.36 bits per heavy atom. The van der Waals surface area contributed by atoms with Crippen molar-refractivity contribution in [3.63, 3.8) is 0 Å². The van der Waals surface area contributed by atoms with Gasteiger partial charge in [0.2, 0.25) is 21.8 Å². The Morgan fingerprint density at radius 2 is 2.08 bits per heavy atom. The van der Waals surface area contributed by atoms with Crippen molar-refractivity contribution in [1.29, 1.82) is 0 Å². The summed E-state index contributed by atoms with van der Waals surface area (Å²) in [6.07, 6.45) is 0.825. The zero-order valence-corrected chi connectivity index (χ0v) is 21.6. The quantitative estimate of drug-likeness (QED) is 0.250. The van der Waals surface area contributed by atoms with Gasteiger partial charge in [0.15, 0.2) is 0 Å². The van der Waals surface area contributed by atoms with Crippen molar-refractivity contribution in [2.45, 2.75) is 55.1 Å². The van der Waals surface area contributed by atoms with Gasteiger partial charge in [-0.3, -0.25) is 14.6 Å². The molecule has 4 rings (SSSR count). The predicted octanol–water partition coefficient (Wildman–Crippen LogP) is -0.777. The van der Waals surface area contributed by atoms with E-state index in [1.807, 2.05) is 6.92 Å². The van der Waals surface area contributed by atoms with Crippen LogP contribution in [0, 0.1) is 11.8 Å². The maximum Gasteiger partial charge on any atom is 0.353 e. The number of carboxylic acid groups (broad SMARTS) is 1. The Balaban J connectivity index is 1.35. The fraction of sp³-hybridized carbons (Fsp3) is 0.545. The van der Waals surface area contributed by atoms with Gasteiger partial charge >= 0.3 is 5.97 Å². The number of β-lactam (4-membered cyclic amide) rings is 1. The Kier molecular flexibility index (Phi) is 7.44. The van der Waals surface area contributed by atoms with Gasteiger partial charge in [-0.15, -0.1) is 11.8 Å². The number of aromatic nitrogens is 1.